The molecule has 0 unspecified atom stereocenters. The zero-order valence-electron chi connectivity index (χ0n) is 11.3. The van der Waals surface area contributed by atoms with Crippen molar-refractivity contribution in [3.63, 3.8) is 0 Å². The lowest BCUT2D eigenvalue weighted by Crippen LogP contribution is -2.27. The van der Waals surface area contributed by atoms with Crippen LogP contribution in [0.5, 0.6) is 5.75 Å². The summed E-state index contributed by atoms with van der Waals surface area (Å²) in [5.41, 5.74) is 0.643. The number of likely N-dealkylation sites (N-methyl/N-ethyl adjacent to an activating group) is 1. The lowest BCUT2D eigenvalue weighted by molar-refractivity contribution is 0.0839. The van der Waals surface area contributed by atoms with Gasteiger partial charge in [-0.15, -0.1) is 0 Å². The van der Waals surface area contributed by atoms with Crippen molar-refractivity contribution in [2.75, 3.05) is 27.7 Å². The molecule has 1 aliphatic carbocycles. The van der Waals surface area contributed by atoms with Gasteiger partial charge in [-0.3, -0.25) is 9.48 Å². The number of aromatic nitrogens is 2. The Morgan fingerprint density at radius 2 is 2.28 bits per heavy atom. The predicted octanol–water partition coefficient (Wildman–Crippen LogP) is 1.44. The van der Waals surface area contributed by atoms with Gasteiger partial charge in [-0.25, -0.2) is 0 Å². The molecular formula is C13H21N3O2. The van der Waals surface area contributed by atoms with Gasteiger partial charge in [0.25, 0.3) is 0 Å². The molecule has 0 saturated heterocycles. The molecule has 1 aliphatic rings. The topological polar surface area (TPSA) is 47.4 Å². The van der Waals surface area contributed by atoms with Gasteiger partial charge < -0.3 is 9.64 Å². The molecule has 0 N–H and O–H groups in total. The summed E-state index contributed by atoms with van der Waals surface area (Å²) in [6.07, 6.45) is 4.80. The molecule has 1 aromatic rings. The minimum atomic E-state index is 0.175. The average Bonchev–Trinajstić information content (AvgIpc) is 2.66. The SMILES string of the molecule is COc1cnn(CCN(C)C)c1C(=O)C1CCC1. The Kier molecular flexibility index (Phi) is 4.01. The molecule has 18 heavy (non-hydrogen) atoms. The van der Waals surface area contributed by atoms with E-state index in [0.717, 1.165) is 25.8 Å². The molecule has 0 bridgehead atoms. The quantitative estimate of drug-likeness (QED) is 0.718. The van der Waals surface area contributed by atoms with Gasteiger partial charge in [-0.2, -0.15) is 5.10 Å². The predicted molar refractivity (Wildman–Crippen MR) is 69.0 cm³/mol. The van der Waals surface area contributed by atoms with Gasteiger partial charge in [-0.05, 0) is 26.9 Å². The number of Topliss-reactive ketones (excluding diaryl/α,β-unsaturated/α-hetero) is 1. The minimum absolute atomic E-state index is 0.175. The van der Waals surface area contributed by atoms with E-state index < -0.39 is 0 Å². The Balaban J connectivity index is 2.18. The van der Waals surface area contributed by atoms with Crippen LogP contribution >= 0.6 is 0 Å². The monoisotopic (exact) mass is 251 g/mol. The van der Waals surface area contributed by atoms with Crippen LogP contribution in [0.2, 0.25) is 0 Å². The fourth-order valence-electron chi connectivity index (χ4n) is 2.09. The van der Waals surface area contributed by atoms with E-state index in [2.05, 4.69) is 10.00 Å². The Bertz CT molecular complexity index is 422. The molecular weight excluding hydrogens is 230 g/mol. The van der Waals surface area contributed by atoms with Crippen LogP contribution in [0.1, 0.15) is 29.8 Å². The standard InChI is InChI=1S/C13H21N3O2/c1-15(2)7-8-16-12(11(18-3)9-14-16)13(17)10-5-4-6-10/h9-10H,4-8H2,1-3H3. The molecule has 0 aromatic carbocycles. The van der Waals surface area contributed by atoms with Crippen LogP contribution in [-0.4, -0.2) is 48.2 Å². The molecule has 5 heteroatoms. The molecule has 0 spiro atoms. The molecule has 100 valence electrons. The van der Waals surface area contributed by atoms with Gasteiger partial charge in [0.1, 0.15) is 5.69 Å². The van der Waals surface area contributed by atoms with Crippen LogP contribution in [0, 0.1) is 5.92 Å². The van der Waals surface area contributed by atoms with E-state index in [1.54, 1.807) is 18.0 Å². The summed E-state index contributed by atoms with van der Waals surface area (Å²) in [6, 6.07) is 0. The number of ether oxygens (including phenoxy) is 1. The molecule has 1 fully saturated rings. The first-order chi connectivity index (χ1) is 8.63. The number of ketones is 1. The van der Waals surface area contributed by atoms with Crippen molar-refractivity contribution in [1.82, 2.24) is 14.7 Å². The lowest BCUT2D eigenvalue weighted by Gasteiger charge is -2.24. The van der Waals surface area contributed by atoms with Gasteiger partial charge in [0.05, 0.1) is 19.9 Å². The summed E-state index contributed by atoms with van der Waals surface area (Å²) in [5.74, 6) is 0.966. The Hall–Kier alpha value is -1.36. The maximum Gasteiger partial charge on any atom is 0.187 e. The summed E-state index contributed by atoms with van der Waals surface area (Å²) in [7, 11) is 5.60. The van der Waals surface area contributed by atoms with Crippen molar-refractivity contribution >= 4 is 5.78 Å². The molecule has 0 amide bonds. The van der Waals surface area contributed by atoms with Gasteiger partial charge in [0.15, 0.2) is 11.5 Å². The number of nitrogens with zero attached hydrogens (tertiary/aromatic N) is 3. The van der Waals surface area contributed by atoms with Gasteiger partial charge in [-0.1, -0.05) is 6.42 Å². The zero-order valence-corrected chi connectivity index (χ0v) is 11.3. The number of rotatable bonds is 6. The highest BCUT2D eigenvalue weighted by Gasteiger charge is 2.31. The zero-order chi connectivity index (χ0) is 13.1. The van der Waals surface area contributed by atoms with Crippen LogP contribution in [0.4, 0.5) is 0 Å². The van der Waals surface area contributed by atoms with Crippen LogP contribution < -0.4 is 4.74 Å². The van der Waals surface area contributed by atoms with E-state index in [1.807, 2.05) is 14.1 Å². The van der Waals surface area contributed by atoms with Crippen molar-refractivity contribution in [2.45, 2.75) is 25.8 Å². The molecule has 2 rings (SSSR count). The molecule has 5 nitrogen and oxygen atoms in total. The maximum atomic E-state index is 12.4. The first-order valence-electron chi connectivity index (χ1n) is 6.42. The van der Waals surface area contributed by atoms with E-state index in [4.69, 9.17) is 4.74 Å². The summed E-state index contributed by atoms with van der Waals surface area (Å²) in [4.78, 5) is 14.5. The third-order valence-corrected chi connectivity index (χ3v) is 3.49. The number of carbonyl (C=O) groups is 1. The highest BCUT2D eigenvalue weighted by Crippen LogP contribution is 2.32. The molecule has 0 atom stereocenters. The second-order valence-corrected chi connectivity index (χ2v) is 5.08. The van der Waals surface area contributed by atoms with E-state index in [-0.39, 0.29) is 11.7 Å². The molecule has 1 heterocycles. The molecule has 0 radical (unpaired) electrons. The number of hydrogen-bond donors (Lipinski definition) is 0. The van der Waals surface area contributed by atoms with Crippen molar-refractivity contribution in [3.8, 4) is 5.75 Å². The largest absolute Gasteiger partial charge is 0.493 e. The second kappa shape index (κ2) is 5.52. The Morgan fingerprint density at radius 1 is 1.56 bits per heavy atom. The van der Waals surface area contributed by atoms with Crippen LogP contribution in [-0.2, 0) is 6.54 Å². The molecule has 1 saturated carbocycles. The second-order valence-electron chi connectivity index (χ2n) is 5.08. The van der Waals surface area contributed by atoms with Crippen LogP contribution in [0.15, 0.2) is 6.20 Å². The Labute approximate surface area is 108 Å². The summed E-state index contributed by atoms with van der Waals surface area (Å²) in [5, 5.41) is 4.26. The molecule has 0 aliphatic heterocycles. The number of hydrogen-bond acceptors (Lipinski definition) is 4. The van der Waals surface area contributed by atoms with Crippen molar-refractivity contribution < 1.29 is 9.53 Å². The fourth-order valence-corrected chi connectivity index (χ4v) is 2.09. The van der Waals surface area contributed by atoms with Gasteiger partial charge in [0, 0.05) is 12.5 Å². The van der Waals surface area contributed by atoms with Gasteiger partial charge >= 0.3 is 0 Å². The fraction of sp³-hybridized carbons (Fsp3) is 0.692. The summed E-state index contributed by atoms with van der Waals surface area (Å²) >= 11 is 0. The number of carbonyl (C=O) groups excluding carboxylic acids is 1. The smallest absolute Gasteiger partial charge is 0.187 e. The lowest BCUT2D eigenvalue weighted by atomic mass is 9.81. The minimum Gasteiger partial charge on any atom is -0.493 e. The van der Waals surface area contributed by atoms with E-state index in [0.29, 0.717) is 18.0 Å². The first-order valence-corrected chi connectivity index (χ1v) is 6.42. The summed E-state index contributed by atoms with van der Waals surface area (Å²) < 4.78 is 7.03. The van der Waals surface area contributed by atoms with E-state index in [9.17, 15) is 4.79 Å². The first kappa shape index (κ1) is 13.1. The normalized spacial score (nSPS) is 15.8. The molecule has 1 aromatic heterocycles. The van der Waals surface area contributed by atoms with Crippen LogP contribution in [0.25, 0.3) is 0 Å². The van der Waals surface area contributed by atoms with Crippen LogP contribution in [0.3, 0.4) is 0 Å². The van der Waals surface area contributed by atoms with Crippen molar-refractivity contribution in [1.29, 1.82) is 0 Å². The summed E-state index contributed by atoms with van der Waals surface area (Å²) in [6.45, 7) is 1.57. The van der Waals surface area contributed by atoms with E-state index >= 15 is 0 Å². The van der Waals surface area contributed by atoms with Gasteiger partial charge in [0.2, 0.25) is 0 Å². The third-order valence-electron chi connectivity index (χ3n) is 3.49. The van der Waals surface area contributed by atoms with Crippen molar-refractivity contribution in [3.05, 3.63) is 11.9 Å². The number of methoxy groups -OCH3 is 1. The van der Waals surface area contributed by atoms with E-state index in [1.165, 1.54) is 0 Å². The Morgan fingerprint density at radius 3 is 2.78 bits per heavy atom. The highest BCUT2D eigenvalue weighted by molar-refractivity contribution is 5.99. The van der Waals surface area contributed by atoms with Crippen molar-refractivity contribution in [2.24, 2.45) is 5.92 Å². The third kappa shape index (κ3) is 2.56. The highest BCUT2D eigenvalue weighted by atomic mass is 16.5. The maximum absolute atomic E-state index is 12.4. The average molecular weight is 251 g/mol.